The summed E-state index contributed by atoms with van der Waals surface area (Å²) in [6.07, 6.45) is 0. The van der Waals surface area contributed by atoms with Crippen LogP contribution in [0.2, 0.25) is 0 Å². The van der Waals surface area contributed by atoms with Crippen LogP contribution in [0.15, 0.2) is 32.0 Å². The fraction of sp³-hybridized carbons (Fsp3) is 0.417. The summed E-state index contributed by atoms with van der Waals surface area (Å²) >= 11 is 6.48. The Labute approximate surface area is 139 Å². The summed E-state index contributed by atoms with van der Waals surface area (Å²) in [6, 6.07) is 3.99. The molecular formula is C12H13Br2NO5S. The Kier molecular flexibility index (Phi) is 5.09. The summed E-state index contributed by atoms with van der Waals surface area (Å²) in [4.78, 5) is 11.3. The second-order valence-corrected chi connectivity index (χ2v) is 8.38. The molecule has 2 atom stereocenters. The van der Waals surface area contributed by atoms with Gasteiger partial charge in [0, 0.05) is 16.0 Å². The van der Waals surface area contributed by atoms with Crippen molar-refractivity contribution in [3.8, 4) is 0 Å². The largest absolute Gasteiger partial charge is 0.481 e. The second kappa shape index (κ2) is 6.33. The molecule has 1 aliphatic rings. The van der Waals surface area contributed by atoms with E-state index in [-0.39, 0.29) is 18.1 Å². The fourth-order valence-corrected chi connectivity index (χ4v) is 5.24. The van der Waals surface area contributed by atoms with E-state index in [1.54, 1.807) is 12.1 Å². The standard InChI is InChI=1S/C12H13Br2NO5S/c1-15(10-6-20-5-8(10)12(16)17)21(18,19)11-3-2-7(13)4-9(11)14/h2-4,8,10H,5-6H2,1H3,(H,16,17). The average Bonchev–Trinajstić information content (AvgIpc) is 2.86. The quantitative estimate of drug-likeness (QED) is 0.770. The minimum absolute atomic E-state index is 0.0152. The molecule has 1 heterocycles. The first-order chi connectivity index (χ1) is 9.75. The number of halogens is 2. The van der Waals surface area contributed by atoms with Crippen LogP contribution in [0, 0.1) is 5.92 Å². The molecule has 0 amide bonds. The van der Waals surface area contributed by atoms with Crippen molar-refractivity contribution in [2.75, 3.05) is 20.3 Å². The second-order valence-electron chi connectivity index (χ2n) is 4.65. The summed E-state index contributed by atoms with van der Waals surface area (Å²) in [6.45, 7) is 0.0855. The van der Waals surface area contributed by atoms with E-state index in [2.05, 4.69) is 31.9 Å². The minimum Gasteiger partial charge on any atom is -0.481 e. The third-order valence-electron chi connectivity index (χ3n) is 3.39. The Morgan fingerprint density at radius 3 is 2.62 bits per heavy atom. The predicted octanol–water partition coefficient (Wildman–Crippen LogP) is 1.93. The number of rotatable bonds is 4. The number of carboxylic acid groups (broad SMARTS) is 1. The van der Waals surface area contributed by atoms with Crippen LogP contribution < -0.4 is 0 Å². The van der Waals surface area contributed by atoms with Crippen LogP contribution >= 0.6 is 31.9 Å². The third-order valence-corrected chi connectivity index (χ3v) is 6.74. The van der Waals surface area contributed by atoms with E-state index in [0.29, 0.717) is 4.47 Å². The maximum absolute atomic E-state index is 12.7. The first kappa shape index (κ1) is 16.9. The number of sulfonamides is 1. The van der Waals surface area contributed by atoms with Crippen LogP contribution in [0.4, 0.5) is 0 Å². The summed E-state index contributed by atoms with van der Waals surface area (Å²) in [7, 11) is -2.44. The highest BCUT2D eigenvalue weighted by molar-refractivity contribution is 9.11. The minimum atomic E-state index is -3.81. The predicted molar refractivity (Wildman–Crippen MR) is 82.5 cm³/mol. The van der Waals surface area contributed by atoms with Crippen LogP contribution in [0.25, 0.3) is 0 Å². The lowest BCUT2D eigenvalue weighted by Gasteiger charge is -2.26. The van der Waals surface area contributed by atoms with Crippen LogP contribution in [0.1, 0.15) is 0 Å². The van der Waals surface area contributed by atoms with E-state index in [4.69, 9.17) is 9.84 Å². The molecule has 0 spiro atoms. The Morgan fingerprint density at radius 2 is 2.05 bits per heavy atom. The van der Waals surface area contributed by atoms with Crippen molar-refractivity contribution < 1.29 is 23.1 Å². The number of ether oxygens (including phenoxy) is 1. The maximum atomic E-state index is 12.7. The fourth-order valence-electron chi connectivity index (χ4n) is 2.16. The number of likely N-dealkylation sites (N-methyl/N-ethyl adjacent to an activating group) is 1. The molecule has 0 aromatic heterocycles. The van der Waals surface area contributed by atoms with Gasteiger partial charge in [0.25, 0.3) is 0 Å². The van der Waals surface area contributed by atoms with Crippen molar-refractivity contribution in [3.63, 3.8) is 0 Å². The zero-order valence-electron chi connectivity index (χ0n) is 11.0. The molecule has 1 saturated heterocycles. The van der Waals surface area contributed by atoms with Gasteiger partial charge in [-0.05, 0) is 34.1 Å². The monoisotopic (exact) mass is 441 g/mol. The molecule has 0 radical (unpaired) electrons. The molecule has 1 aromatic rings. The van der Waals surface area contributed by atoms with Gasteiger partial charge in [-0.15, -0.1) is 0 Å². The summed E-state index contributed by atoms with van der Waals surface area (Å²) in [5, 5.41) is 9.14. The highest BCUT2D eigenvalue weighted by Crippen LogP contribution is 2.30. The molecule has 2 unspecified atom stereocenters. The average molecular weight is 443 g/mol. The lowest BCUT2D eigenvalue weighted by Crippen LogP contribution is -2.44. The number of carbonyl (C=O) groups is 1. The summed E-state index contributed by atoms with van der Waals surface area (Å²) < 4.78 is 32.7. The SMILES string of the molecule is CN(C1COCC1C(=O)O)S(=O)(=O)c1ccc(Br)cc1Br. The van der Waals surface area contributed by atoms with Gasteiger partial charge in [-0.25, -0.2) is 8.42 Å². The van der Waals surface area contributed by atoms with Crippen molar-refractivity contribution >= 4 is 47.9 Å². The Hall–Kier alpha value is -0.480. The van der Waals surface area contributed by atoms with Gasteiger partial charge in [-0.3, -0.25) is 4.79 Å². The first-order valence-corrected chi connectivity index (χ1v) is 9.01. The van der Waals surface area contributed by atoms with Crippen LogP contribution in [-0.2, 0) is 19.6 Å². The number of benzene rings is 1. The van der Waals surface area contributed by atoms with Crippen molar-refractivity contribution in [3.05, 3.63) is 27.1 Å². The van der Waals surface area contributed by atoms with Gasteiger partial charge in [0.1, 0.15) is 0 Å². The zero-order chi connectivity index (χ0) is 15.8. The number of nitrogens with zero attached hydrogens (tertiary/aromatic N) is 1. The van der Waals surface area contributed by atoms with Crippen LogP contribution in [0.3, 0.4) is 0 Å². The Bertz CT molecular complexity index is 664. The number of aliphatic carboxylic acids is 1. The zero-order valence-corrected chi connectivity index (χ0v) is 15.0. The molecule has 1 aliphatic heterocycles. The Balaban J connectivity index is 2.37. The summed E-state index contributed by atoms with van der Waals surface area (Å²) in [5.74, 6) is -1.92. The molecule has 9 heteroatoms. The van der Waals surface area contributed by atoms with Gasteiger partial charge in [-0.1, -0.05) is 15.9 Å². The van der Waals surface area contributed by atoms with Crippen molar-refractivity contribution in [2.45, 2.75) is 10.9 Å². The third kappa shape index (κ3) is 3.31. The molecule has 0 bridgehead atoms. The van der Waals surface area contributed by atoms with E-state index in [1.165, 1.54) is 13.1 Å². The number of hydrogen-bond donors (Lipinski definition) is 1. The van der Waals surface area contributed by atoms with Gasteiger partial charge < -0.3 is 9.84 Å². The highest BCUT2D eigenvalue weighted by Gasteiger charge is 2.41. The van der Waals surface area contributed by atoms with E-state index in [1.807, 2.05) is 0 Å². The van der Waals surface area contributed by atoms with E-state index in [0.717, 1.165) is 8.78 Å². The topological polar surface area (TPSA) is 83.9 Å². The van der Waals surface area contributed by atoms with Gasteiger partial charge in [0.15, 0.2) is 0 Å². The lowest BCUT2D eigenvalue weighted by molar-refractivity contribution is -0.142. The van der Waals surface area contributed by atoms with Gasteiger partial charge in [0.2, 0.25) is 10.0 Å². The molecule has 21 heavy (non-hydrogen) atoms. The molecule has 1 aromatic carbocycles. The molecule has 1 N–H and O–H groups in total. The van der Waals surface area contributed by atoms with Crippen LogP contribution in [-0.4, -0.2) is 50.1 Å². The number of hydrogen-bond acceptors (Lipinski definition) is 4. The van der Waals surface area contributed by atoms with Crippen molar-refractivity contribution in [2.24, 2.45) is 5.92 Å². The lowest BCUT2D eigenvalue weighted by atomic mass is 10.1. The molecule has 6 nitrogen and oxygen atoms in total. The van der Waals surface area contributed by atoms with Crippen molar-refractivity contribution in [1.29, 1.82) is 0 Å². The van der Waals surface area contributed by atoms with Gasteiger partial charge in [-0.2, -0.15) is 4.31 Å². The molecule has 0 aliphatic carbocycles. The van der Waals surface area contributed by atoms with E-state index >= 15 is 0 Å². The summed E-state index contributed by atoms with van der Waals surface area (Å²) in [5.41, 5.74) is 0. The normalized spacial score (nSPS) is 22.7. The molecular weight excluding hydrogens is 430 g/mol. The van der Waals surface area contributed by atoms with Crippen LogP contribution in [0.5, 0.6) is 0 Å². The van der Waals surface area contributed by atoms with Gasteiger partial charge in [0.05, 0.1) is 30.1 Å². The first-order valence-electron chi connectivity index (χ1n) is 5.99. The number of carboxylic acids is 1. The van der Waals surface area contributed by atoms with Gasteiger partial charge >= 0.3 is 5.97 Å². The maximum Gasteiger partial charge on any atom is 0.310 e. The smallest absolute Gasteiger partial charge is 0.310 e. The molecule has 1 fully saturated rings. The molecule has 2 rings (SSSR count). The highest BCUT2D eigenvalue weighted by atomic mass is 79.9. The molecule has 116 valence electrons. The van der Waals surface area contributed by atoms with E-state index < -0.39 is 28.0 Å². The Morgan fingerprint density at radius 1 is 1.38 bits per heavy atom. The van der Waals surface area contributed by atoms with E-state index in [9.17, 15) is 13.2 Å². The van der Waals surface area contributed by atoms with Crippen molar-refractivity contribution in [1.82, 2.24) is 4.31 Å². The molecule has 0 saturated carbocycles.